The fraction of sp³-hybridized carbons (Fsp3) is 0. The van der Waals surface area contributed by atoms with E-state index in [-0.39, 0.29) is 11.6 Å². The van der Waals surface area contributed by atoms with Gasteiger partial charge in [0.2, 0.25) is 0 Å². The minimum atomic E-state index is -4.43. The molecule has 0 heterocycles. The van der Waals surface area contributed by atoms with Crippen molar-refractivity contribution >= 4 is 15.2 Å². The van der Waals surface area contributed by atoms with Crippen LogP contribution in [0.4, 0.5) is 0 Å². The van der Waals surface area contributed by atoms with Crippen LogP contribution >= 0.6 is 15.2 Å². The second-order valence-corrected chi connectivity index (χ2v) is 4.43. The fourth-order valence-corrected chi connectivity index (χ4v) is 1.56. The van der Waals surface area contributed by atoms with E-state index >= 15 is 0 Å². The molecule has 0 saturated carbocycles. The van der Waals surface area contributed by atoms with Crippen molar-refractivity contribution in [2.75, 3.05) is 0 Å². The molecule has 8 heteroatoms. The number of rotatable bonds is 2. The van der Waals surface area contributed by atoms with E-state index in [1.54, 1.807) is 0 Å². The Morgan fingerprint density at radius 2 is 1.00 bits per heavy atom. The molecule has 0 atom stereocenters. The molecule has 0 unspecified atom stereocenters. The average molecular weight is 188 g/mol. The Morgan fingerprint density at radius 3 is 1.10 bits per heavy atom. The van der Waals surface area contributed by atoms with Gasteiger partial charge in [-0.1, -0.05) is 0 Å². The number of hydrogen-bond acceptors (Lipinski definition) is 2. The second kappa shape index (κ2) is 2.96. The lowest BCUT2D eigenvalue weighted by Crippen LogP contribution is -1.71. The minimum absolute atomic E-state index is 0.174. The van der Waals surface area contributed by atoms with Gasteiger partial charge >= 0.3 is 15.2 Å². The van der Waals surface area contributed by atoms with E-state index in [9.17, 15) is 9.13 Å². The molecule has 0 amide bonds. The van der Waals surface area contributed by atoms with Crippen LogP contribution in [0.2, 0.25) is 0 Å². The largest absolute Gasteiger partial charge is 0.349 e. The van der Waals surface area contributed by atoms with E-state index < -0.39 is 15.2 Å². The Morgan fingerprint density at radius 1 is 0.800 bits per heavy atom. The van der Waals surface area contributed by atoms with E-state index in [1.165, 1.54) is 0 Å². The lowest BCUT2D eigenvalue weighted by atomic mass is 11.3. The van der Waals surface area contributed by atoms with Gasteiger partial charge in [0.1, 0.15) is 0 Å². The molecule has 0 fully saturated rings. The highest BCUT2D eigenvalue weighted by atomic mass is 31.2. The summed E-state index contributed by atoms with van der Waals surface area (Å²) in [5.74, 6) is 0.349. The predicted octanol–water partition coefficient (Wildman–Crippen LogP) is -0.187. The summed E-state index contributed by atoms with van der Waals surface area (Å²) in [5.41, 5.74) is 0. The maximum atomic E-state index is 9.94. The van der Waals surface area contributed by atoms with Crippen molar-refractivity contribution in [2.45, 2.75) is 0 Å². The quantitative estimate of drug-likeness (QED) is 0.446. The molecule has 4 N–H and O–H groups in total. The summed E-state index contributed by atoms with van der Waals surface area (Å²) < 4.78 is 19.9. The van der Waals surface area contributed by atoms with Crippen LogP contribution in [0.15, 0.2) is 11.6 Å². The van der Waals surface area contributed by atoms with E-state index in [2.05, 4.69) is 0 Å². The molecular formula is C2H6O6P2. The predicted molar refractivity (Wildman–Crippen MR) is 33.2 cm³/mol. The summed E-state index contributed by atoms with van der Waals surface area (Å²) >= 11 is 0. The van der Waals surface area contributed by atoms with Gasteiger partial charge in [-0.3, -0.25) is 9.13 Å². The molecule has 0 saturated heterocycles. The molecule has 0 aromatic heterocycles. The first kappa shape index (κ1) is 10.0. The zero-order chi connectivity index (χ0) is 8.41. The Balaban J connectivity index is 4.31. The van der Waals surface area contributed by atoms with Crippen molar-refractivity contribution in [3.63, 3.8) is 0 Å². The SMILES string of the molecule is O=P(O)(O)/C=C/P(=O)(O)O. The van der Waals surface area contributed by atoms with Crippen LogP contribution in [0.25, 0.3) is 0 Å². The van der Waals surface area contributed by atoms with Gasteiger partial charge in [-0.15, -0.1) is 0 Å². The van der Waals surface area contributed by atoms with Crippen LogP contribution in [0.5, 0.6) is 0 Å². The normalized spacial score (nSPS) is 14.4. The third-order valence-corrected chi connectivity index (χ3v) is 1.77. The summed E-state index contributed by atoms with van der Waals surface area (Å²) in [5, 5.41) is 0. The molecule has 0 bridgehead atoms. The van der Waals surface area contributed by atoms with Gasteiger partial charge in [-0.2, -0.15) is 0 Å². The maximum absolute atomic E-state index is 9.94. The smallest absolute Gasteiger partial charge is 0.321 e. The van der Waals surface area contributed by atoms with Crippen LogP contribution in [0, 0.1) is 0 Å². The van der Waals surface area contributed by atoms with Gasteiger partial charge in [0.25, 0.3) is 0 Å². The highest BCUT2D eigenvalue weighted by Crippen LogP contribution is 2.44. The van der Waals surface area contributed by atoms with Crippen molar-refractivity contribution in [3.8, 4) is 0 Å². The molecule has 0 aliphatic carbocycles. The Bertz CT molecular complexity index is 194. The van der Waals surface area contributed by atoms with Gasteiger partial charge in [0, 0.05) is 11.6 Å². The van der Waals surface area contributed by atoms with Crippen LogP contribution in [-0.4, -0.2) is 19.6 Å². The van der Waals surface area contributed by atoms with E-state index in [4.69, 9.17) is 19.6 Å². The summed E-state index contributed by atoms with van der Waals surface area (Å²) in [6, 6.07) is 0. The molecular weight excluding hydrogens is 182 g/mol. The van der Waals surface area contributed by atoms with E-state index in [1.807, 2.05) is 0 Å². The third kappa shape index (κ3) is 8.04. The van der Waals surface area contributed by atoms with Crippen molar-refractivity contribution in [2.24, 2.45) is 0 Å². The standard InChI is InChI=1S/C2H6O6P2/c3-9(4,5)1-2-10(6,7)8/h1-2H,(H2,3,4,5)(H2,6,7,8)/b2-1+. The van der Waals surface area contributed by atoms with Gasteiger partial charge < -0.3 is 19.6 Å². The third-order valence-electron chi connectivity index (χ3n) is 0.455. The Labute approximate surface area is 56.5 Å². The van der Waals surface area contributed by atoms with Crippen molar-refractivity contribution < 1.29 is 28.7 Å². The molecule has 0 aliphatic rings. The maximum Gasteiger partial charge on any atom is 0.349 e. The van der Waals surface area contributed by atoms with Crippen molar-refractivity contribution in [3.05, 3.63) is 11.6 Å². The zero-order valence-electron chi connectivity index (χ0n) is 4.65. The van der Waals surface area contributed by atoms with Crippen LogP contribution < -0.4 is 0 Å². The molecule has 0 aromatic rings. The van der Waals surface area contributed by atoms with Gasteiger partial charge in [0.05, 0.1) is 0 Å². The Kier molecular flexibility index (Phi) is 2.98. The highest BCUT2D eigenvalue weighted by Gasteiger charge is 2.12. The molecule has 0 rings (SSSR count). The molecule has 60 valence electrons. The first-order valence-electron chi connectivity index (χ1n) is 2.01. The number of hydrogen-bond donors (Lipinski definition) is 4. The molecule has 0 spiro atoms. The lowest BCUT2D eigenvalue weighted by molar-refractivity contribution is 0.379. The van der Waals surface area contributed by atoms with Crippen LogP contribution in [-0.2, 0) is 9.13 Å². The second-order valence-electron chi connectivity index (χ2n) is 1.48. The van der Waals surface area contributed by atoms with E-state index in [0.29, 0.717) is 0 Å². The first-order valence-corrected chi connectivity index (χ1v) is 5.38. The summed E-state index contributed by atoms with van der Waals surface area (Å²) in [7, 11) is -8.87. The highest BCUT2D eigenvalue weighted by molar-refractivity contribution is 7.59. The first-order chi connectivity index (χ1) is 4.21. The minimum Gasteiger partial charge on any atom is -0.321 e. The summed E-state index contributed by atoms with van der Waals surface area (Å²) in [6.45, 7) is 0. The molecule has 0 aliphatic heterocycles. The summed E-state index contributed by atoms with van der Waals surface area (Å²) in [6.07, 6.45) is 0. The molecule has 0 radical (unpaired) electrons. The molecule has 6 nitrogen and oxygen atoms in total. The van der Waals surface area contributed by atoms with Crippen LogP contribution in [0.1, 0.15) is 0 Å². The zero-order valence-corrected chi connectivity index (χ0v) is 6.44. The fourth-order valence-electron chi connectivity index (χ4n) is 0.174. The van der Waals surface area contributed by atoms with Crippen molar-refractivity contribution in [1.29, 1.82) is 0 Å². The molecule has 0 aromatic carbocycles. The lowest BCUT2D eigenvalue weighted by Gasteiger charge is -1.95. The van der Waals surface area contributed by atoms with Gasteiger partial charge in [-0.25, -0.2) is 0 Å². The Hall–Kier alpha value is 0.0400. The average Bonchev–Trinajstić information content (AvgIpc) is 1.57. The monoisotopic (exact) mass is 188 g/mol. The topological polar surface area (TPSA) is 115 Å². The molecule has 10 heavy (non-hydrogen) atoms. The summed E-state index contributed by atoms with van der Waals surface area (Å²) in [4.78, 5) is 32.2. The van der Waals surface area contributed by atoms with Crippen molar-refractivity contribution in [1.82, 2.24) is 0 Å². The van der Waals surface area contributed by atoms with Crippen LogP contribution in [0.3, 0.4) is 0 Å². The van der Waals surface area contributed by atoms with Gasteiger partial charge in [-0.05, 0) is 0 Å². The van der Waals surface area contributed by atoms with E-state index in [0.717, 1.165) is 0 Å². The van der Waals surface area contributed by atoms with Gasteiger partial charge in [0.15, 0.2) is 0 Å².